The van der Waals surface area contributed by atoms with E-state index in [2.05, 4.69) is 17.1 Å². The molecule has 1 saturated heterocycles. The van der Waals surface area contributed by atoms with E-state index in [0.29, 0.717) is 6.04 Å². The van der Waals surface area contributed by atoms with Gasteiger partial charge in [-0.1, -0.05) is 18.5 Å². The topological polar surface area (TPSA) is 15.3 Å². The number of benzene rings is 1. The summed E-state index contributed by atoms with van der Waals surface area (Å²) in [6.07, 6.45) is 2.22. The zero-order valence-electron chi connectivity index (χ0n) is 10.0. The van der Waals surface area contributed by atoms with Gasteiger partial charge < -0.3 is 10.2 Å². The molecule has 1 aliphatic rings. The summed E-state index contributed by atoms with van der Waals surface area (Å²) < 4.78 is 13.3. The lowest BCUT2D eigenvalue weighted by Crippen LogP contribution is -2.38. The van der Waals surface area contributed by atoms with Gasteiger partial charge in [0.1, 0.15) is 5.82 Å². The molecule has 1 aromatic carbocycles. The van der Waals surface area contributed by atoms with Crippen molar-refractivity contribution in [2.45, 2.75) is 25.8 Å². The maximum atomic E-state index is 13.3. The van der Waals surface area contributed by atoms with Crippen LogP contribution in [-0.4, -0.2) is 30.6 Å². The van der Waals surface area contributed by atoms with Crippen LogP contribution in [0.4, 0.5) is 10.1 Å². The molecule has 0 radical (unpaired) electrons. The van der Waals surface area contributed by atoms with Crippen molar-refractivity contribution in [3.8, 4) is 0 Å². The summed E-state index contributed by atoms with van der Waals surface area (Å²) in [5.41, 5.74) is 0.821. The smallest absolute Gasteiger partial charge is 0.143 e. The molecule has 2 rings (SSSR count). The molecule has 0 unspecified atom stereocenters. The first-order chi connectivity index (χ1) is 8.19. The van der Waals surface area contributed by atoms with Crippen molar-refractivity contribution in [1.29, 1.82) is 0 Å². The Hall–Kier alpha value is -0.800. The van der Waals surface area contributed by atoms with Gasteiger partial charge in [-0.05, 0) is 37.6 Å². The molecular weight excluding hydrogens is 239 g/mol. The van der Waals surface area contributed by atoms with Gasteiger partial charge in [-0.25, -0.2) is 4.39 Å². The maximum Gasteiger partial charge on any atom is 0.143 e. The molecule has 1 heterocycles. The SMILES string of the molecule is CCN1CCC(Nc2ccc(Cl)c(F)c2)CC1. The zero-order valence-corrected chi connectivity index (χ0v) is 10.8. The highest BCUT2D eigenvalue weighted by Gasteiger charge is 2.17. The van der Waals surface area contributed by atoms with E-state index in [-0.39, 0.29) is 10.8 Å². The summed E-state index contributed by atoms with van der Waals surface area (Å²) in [5.74, 6) is -0.359. The van der Waals surface area contributed by atoms with Crippen LogP contribution in [0.25, 0.3) is 0 Å². The van der Waals surface area contributed by atoms with Crippen molar-refractivity contribution >= 4 is 17.3 Å². The highest BCUT2D eigenvalue weighted by molar-refractivity contribution is 6.30. The third-order valence-corrected chi connectivity index (χ3v) is 3.63. The molecule has 2 nitrogen and oxygen atoms in total. The van der Waals surface area contributed by atoms with Crippen LogP contribution in [0.5, 0.6) is 0 Å². The molecule has 0 atom stereocenters. The Balaban J connectivity index is 1.91. The zero-order chi connectivity index (χ0) is 12.3. The summed E-state index contributed by atoms with van der Waals surface area (Å²) in [6.45, 7) is 5.53. The van der Waals surface area contributed by atoms with E-state index < -0.39 is 0 Å². The molecular formula is C13H18ClFN2. The van der Waals surface area contributed by atoms with Gasteiger partial charge in [0, 0.05) is 24.8 Å². The quantitative estimate of drug-likeness (QED) is 0.892. The van der Waals surface area contributed by atoms with E-state index in [4.69, 9.17) is 11.6 Å². The number of hydrogen-bond acceptors (Lipinski definition) is 2. The fourth-order valence-corrected chi connectivity index (χ4v) is 2.33. The Morgan fingerprint density at radius 3 is 2.71 bits per heavy atom. The second kappa shape index (κ2) is 5.69. The fourth-order valence-electron chi connectivity index (χ4n) is 2.22. The number of rotatable bonds is 3. The summed E-state index contributed by atoms with van der Waals surface area (Å²) in [5, 5.41) is 3.55. The van der Waals surface area contributed by atoms with Crippen molar-refractivity contribution < 1.29 is 4.39 Å². The monoisotopic (exact) mass is 256 g/mol. The average molecular weight is 257 g/mol. The average Bonchev–Trinajstić information content (AvgIpc) is 2.35. The molecule has 94 valence electrons. The summed E-state index contributed by atoms with van der Waals surface area (Å²) in [6, 6.07) is 5.34. The number of nitrogens with zero attached hydrogens (tertiary/aromatic N) is 1. The lowest BCUT2D eigenvalue weighted by Gasteiger charge is -2.32. The molecule has 0 spiro atoms. The van der Waals surface area contributed by atoms with Gasteiger partial charge in [0.15, 0.2) is 0 Å². The summed E-state index contributed by atoms with van der Waals surface area (Å²) in [7, 11) is 0. The van der Waals surface area contributed by atoms with Gasteiger partial charge in [0.25, 0.3) is 0 Å². The Morgan fingerprint density at radius 2 is 2.12 bits per heavy atom. The second-order valence-electron chi connectivity index (χ2n) is 4.48. The highest BCUT2D eigenvalue weighted by atomic mass is 35.5. The van der Waals surface area contributed by atoms with Gasteiger partial charge in [-0.2, -0.15) is 0 Å². The van der Waals surface area contributed by atoms with E-state index in [9.17, 15) is 4.39 Å². The van der Waals surface area contributed by atoms with E-state index in [0.717, 1.165) is 38.2 Å². The molecule has 0 saturated carbocycles. The Bertz CT molecular complexity index is 376. The fraction of sp³-hybridized carbons (Fsp3) is 0.538. The predicted molar refractivity (Wildman–Crippen MR) is 70.2 cm³/mol. The van der Waals surface area contributed by atoms with Crippen LogP contribution in [0.1, 0.15) is 19.8 Å². The third kappa shape index (κ3) is 3.33. The first kappa shape index (κ1) is 12.7. The largest absolute Gasteiger partial charge is 0.382 e. The molecule has 4 heteroatoms. The number of anilines is 1. The van der Waals surface area contributed by atoms with E-state index in [1.165, 1.54) is 6.07 Å². The van der Waals surface area contributed by atoms with Crippen LogP contribution < -0.4 is 5.32 Å². The Morgan fingerprint density at radius 1 is 1.41 bits per heavy atom. The molecule has 1 N–H and O–H groups in total. The molecule has 1 fully saturated rings. The minimum absolute atomic E-state index is 0.177. The van der Waals surface area contributed by atoms with Crippen LogP contribution in [0.3, 0.4) is 0 Å². The summed E-state index contributed by atoms with van der Waals surface area (Å²) in [4.78, 5) is 2.43. The van der Waals surface area contributed by atoms with Gasteiger partial charge in [-0.15, -0.1) is 0 Å². The lowest BCUT2D eigenvalue weighted by atomic mass is 10.0. The maximum absolute atomic E-state index is 13.3. The Labute approximate surface area is 107 Å². The normalized spacial score (nSPS) is 18.3. The van der Waals surface area contributed by atoms with E-state index in [1.807, 2.05) is 6.07 Å². The van der Waals surface area contributed by atoms with Crippen LogP contribution in [-0.2, 0) is 0 Å². The van der Waals surface area contributed by atoms with Crippen LogP contribution >= 0.6 is 11.6 Å². The summed E-state index contributed by atoms with van der Waals surface area (Å²) >= 11 is 5.65. The molecule has 0 aromatic heterocycles. The number of hydrogen-bond donors (Lipinski definition) is 1. The minimum Gasteiger partial charge on any atom is -0.382 e. The van der Waals surface area contributed by atoms with Crippen LogP contribution in [0.15, 0.2) is 18.2 Å². The van der Waals surface area contributed by atoms with Crippen molar-refractivity contribution in [3.63, 3.8) is 0 Å². The van der Waals surface area contributed by atoms with Gasteiger partial charge >= 0.3 is 0 Å². The molecule has 0 aliphatic carbocycles. The highest BCUT2D eigenvalue weighted by Crippen LogP contribution is 2.21. The van der Waals surface area contributed by atoms with E-state index >= 15 is 0 Å². The Kier molecular flexibility index (Phi) is 4.24. The van der Waals surface area contributed by atoms with Crippen LogP contribution in [0.2, 0.25) is 5.02 Å². The van der Waals surface area contributed by atoms with Crippen LogP contribution in [0, 0.1) is 5.82 Å². The molecule has 1 aliphatic heterocycles. The van der Waals surface area contributed by atoms with Crippen molar-refractivity contribution in [1.82, 2.24) is 4.90 Å². The molecule has 0 amide bonds. The predicted octanol–water partition coefficient (Wildman–Crippen LogP) is 3.38. The minimum atomic E-state index is -0.359. The number of piperidine rings is 1. The van der Waals surface area contributed by atoms with Crippen molar-refractivity contribution in [3.05, 3.63) is 29.0 Å². The molecule has 17 heavy (non-hydrogen) atoms. The first-order valence-electron chi connectivity index (χ1n) is 6.13. The van der Waals surface area contributed by atoms with Crippen molar-refractivity contribution in [2.24, 2.45) is 0 Å². The molecule has 0 bridgehead atoms. The van der Waals surface area contributed by atoms with Gasteiger partial charge in [0.05, 0.1) is 5.02 Å². The number of halogens is 2. The van der Waals surface area contributed by atoms with E-state index in [1.54, 1.807) is 6.07 Å². The standard InChI is InChI=1S/C13H18ClFN2/c1-2-17-7-5-10(6-8-17)16-11-3-4-12(14)13(15)9-11/h3-4,9-10,16H,2,5-8H2,1H3. The first-order valence-corrected chi connectivity index (χ1v) is 6.50. The van der Waals surface area contributed by atoms with Gasteiger partial charge in [0.2, 0.25) is 0 Å². The number of likely N-dealkylation sites (tertiary alicyclic amines) is 1. The number of nitrogens with one attached hydrogen (secondary N) is 1. The van der Waals surface area contributed by atoms with Crippen molar-refractivity contribution in [2.75, 3.05) is 25.0 Å². The molecule has 1 aromatic rings. The lowest BCUT2D eigenvalue weighted by molar-refractivity contribution is 0.229. The third-order valence-electron chi connectivity index (χ3n) is 3.33. The van der Waals surface area contributed by atoms with Gasteiger partial charge in [-0.3, -0.25) is 0 Å². The second-order valence-corrected chi connectivity index (χ2v) is 4.89.